The molecule has 3 heteroatoms. The van der Waals surface area contributed by atoms with Crippen molar-refractivity contribution >= 4 is 0 Å². The van der Waals surface area contributed by atoms with Crippen molar-refractivity contribution in [1.29, 1.82) is 0 Å². The van der Waals surface area contributed by atoms with Gasteiger partial charge < -0.3 is 4.74 Å². The lowest BCUT2D eigenvalue weighted by molar-refractivity contribution is -0.685. The fraction of sp³-hybridized carbons (Fsp3) is 0.320. The van der Waals surface area contributed by atoms with E-state index in [0.29, 0.717) is 17.8 Å². The van der Waals surface area contributed by atoms with Gasteiger partial charge in [0.1, 0.15) is 14.1 Å². The lowest BCUT2D eigenvalue weighted by Crippen LogP contribution is -2.46. The highest BCUT2D eigenvalue weighted by atomic mass is 16.5. The van der Waals surface area contributed by atoms with Gasteiger partial charge in [-0.25, -0.2) is 9.13 Å². The average Bonchev–Trinajstić information content (AvgIpc) is 3.16. The molecule has 1 atom stereocenters. The molecule has 0 aliphatic heterocycles. The minimum absolute atomic E-state index is 0.479. The van der Waals surface area contributed by atoms with Gasteiger partial charge in [0.05, 0.1) is 0 Å². The molecule has 0 saturated heterocycles. The summed E-state index contributed by atoms with van der Waals surface area (Å²) in [6.07, 6.45) is 10.3. The second kappa shape index (κ2) is 14.9. The topological polar surface area (TPSA) is 17.0 Å². The number of hydrogen-bond acceptors (Lipinski definition) is 1. The van der Waals surface area contributed by atoms with Crippen molar-refractivity contribution in [3.05, 3.63) is 167 Å². The van der Waals surface area contributed by atoms with Crippen LogP contribution in [0.4, 0.5) is 0 Å². The van der Waals surface area contributed by atoms with E-state index < -0.39 is 5.60 Å². The van der Waals surface area contributed by atoms with Gasteiger partial charge in [-0.1, -0.05) is 98.8 Å². The molecule has 1 fully saturated rings. The number of ether oxygens (including phenoxy) is 1. The summed E-state index contributed by atoms with van der Waals surface area (Å²) in [5.41, 5.74) is 16.2. The van der Waals surface area contributed by atoms with E-state index in [1.54, 1.807) is 0 Å². The van der Waals surface area contributed by atoms with E-state index in [1.165, 1.54) is 87.0 Å². The molecule has 0 N–H and O–H groups in total. The van der Waals surface area contributed by atoms with Crippen LogP contribution in [0.15, 0.2) is 128 Å². The van der Waals surface area contributed by atoms with Crippen LogP contribution in [0.25, 0.3) is 33.5 Å². The van der Waals surface area contributed by atoms with Crippen LogP contribution in [0.3, 0.4) is 0 Å². The van der Waals surface area contributed by atoms with Crippen LogP contribution in [0, 0.1) is 26.2 Å². The largest absolute Gasteiger partial charge is 0.362 e. The minimum atomic E-state index is -0.706. The molecule has 6 aromatic rings. The summed E-state index contributed by atoms with van der Waals surface area (Å²) in [5, 5.41) is 0. The lowest BCUT2D eigenvalue weighted by atomic mass is 9.71. The van der Waals surface area contributed by atoms with Crippen LogP contribution in [0.1, 0.15) is 84.5 Å². The molecule has 1 saturated carbocycles. The summed E-state index contributed by atoms with van der Waals surface area (Å²) >= 11 is 0. The Bertz CT molecular complexity index is 2220. The van der Waals surface area contributed by atoms with Crippen LogP contribution in [-0.2, 0) is 30.9 Å². The van der Waals surface area contributed by atoms with Crippen LogP contribution in [-0.4, -0.2) is 7.11 Å². The number of rotatable bonds is 9. The Morgan fingerprint density at radius 2 is 1.38 bits per heavy atom. The Hall–Kier alpha value is -4.86. The molecule has 2 aromatic heterocycles. The summed E-state index contributed by atoms with van der Waals surface area (Å²) in [6, 6.07) is 42.3. The first kappa shape index (κ1) is 36.5. The Balaban J connectivity index is 1.27. The average molecular weight is 701 g/mol. The van der Waals surface area contributed by atoms with Gasteiger partial charge in [-0.3, -0.25) is 0 Å². The van der Waals surface area contributed by atoms with E-state index in [2.05, 4.69) is 186 Å². The molecule has 1 aliphatic rings. The van der Waals surface area contributed by atoms with Gasteiger partial charge in [-0.2, -0.15) is 0 Å². The van der Waals surface area contributed by atoms with Crippen LogP contribution >= 0.6 is 0 Å². The molecular formula is C50H56N2O+2. The fourth-order valence-electron chi connectivity index (χ4n) is 8.88. The molecule has 53 heavy (non-hydrogen) atoms. The lowest BCUT2D eigenvalue weighted by Gasteiger charge is -2.34. The van der Waals surface area contributed by atoms with E-state index in [1.807, 2.05) is 7.11 Å². The maximum absolute atomic E-state index is 6.71. The highest BCUT2D eigenvalue weighted by Gasteiger charge is 2.42. The number of aryl methyl sites for hydroxylation is 4. The first-order chi connectivity index (χ1) is 25.5. The number of aromatic nitrogens is 2. The van der Waals surface area contributed by atoms with E-state index in [9.17, 15) is 0 Å². The van der Waals surface area contributed by atoms with Gasteiger partial charge in [0.2, 0.25) is 11.4 Å². The smallest absolute Gasteiger partial charge is 0.218 e. The third-order valence-electron chi connectivity index (χ3n) is 12.3. The van der Waals surface area contributed by atoms with Crippen molar-refractivity contribution < 1.29 is 13.9 Å². The number of pyridine rings is 2. The molecule has 270 valence electrons. The summed E-state index contributed by atoms with van der Waals surface area (Å²) in [5.74, 6) is 0.672. The number of nitrogens with zero attached hydrogens (tertiary/aromatic N) is 2. The number of methoxy groups -OCH3 is 1. The fourth-order valence-corrected chi connectivity index (χ4v) is 8.88. The molecule has 0 spiro atoms. The molecule has 0 radical (unpaired) electrons. The van der Waals surface area contributed by atoms with E-state index in [-0.39, 0.29) is 0 Å². The van der Waals surface area contributed by atoms with Gasteiger partial charge in [0.25, 0.3) is 0 Å². The van der Waals surface area contributed by atoms with Crippen LogP contribution in [0.2, 0.25) is 0 Å². The molecule has 3 nitrogen and oxygen atoms in total. The van der Waals surface area contributed by atoms with Crippen molar-refractivity contribution in [2.75, 3.05) is 7.11 Å². The zero-order chi connectivity index (χ0) is 37.3. The normalized spacial score (nSPS) is 15.6. The third kappa shape index (κ3) is 7.25. The molecular weight excluding hydrogens is 645 g/mol. The minimum Gasteiger partial charge on any atom is -0.362 e. The summed E-state index contributed by atoms with van der Waals surface area (Å²) in [4.78, 5) is 0. The van der Waals surface area contributed by atoms with Gasteiger partial charge in [-0.15, -0.1) is 0 Å². The Morgan fingerprint density at radius 1 is 0.679 bits per heavy atom. The Morgan fingerprint density at radius 3 is 2.06 bits per heavy atom. The summed E-state index contributed by atoms with van der Waals surface area (Å²) in [7, 11) is 6.14. The van der Waals surface area contributed by atoms with Crippen LogP contribution in [0.5, 0.6) is 0 Å². The second-order valence-electron chi connectivity index (χ2n) is 16.3. The number of benzene rings is 4. The second-order valence-corrected chi connectivity index (χ2v) is 16.3. The maximum Gasteiger partial charge on any atom is 0.218 e. The van der Waals surface area contributed by atoms with Crippen molar-refractivity contribution in [1.82, 2.24) is 0 Å². The molecule has 1 aliphatic carbocycles. The summed E-state index contributed by atoms with van der Waals surface area (Å²) in [6.45, 7) is 11.7. The molecule has 7 rings (SSSR count). The van der Waals surface area contributed by atoms with E-state index >= 15 is 0 Å². The van der Waals surface area contributed by atoms with Crippen LogP contribution < -0.4 is 9.13 Å². The van der Waals surface area contributed by atoms with E-state index in [0.717, 1.165) is 11.3 Å². The number of hydrogen-bond donors (Lipinski definition) is 0. The van der Waals surface area contributed by atoms with Gasteiger partial charge >= 0.3 is 0 Å². The monoisotopic (exact) mass is 700 g/mol. The third-order valence-corrected chi connectivity index (χ3v) is 12.3. The zero-order valence-corrected chi connectivity index (χ0v) is 33.0. The van der Waals surface area contributed by atoms with Crippen molar-refractivity contribution in [2.45, 2.75) is 78.2 Å². The van der Waals surface area contributed by atoms with Gasteiger partial charge in [-0.05, 0) is 120 Å². The van der Waals surface area contributed by atoms with Crippen molar-refractivity contribution in [3.63, 3.8) is 0 Å². The summed E-state index contributed by atoms with van der Waals surface area (Å²) < 4.78 is 11.2. The highest BCUT2D eigenvalue weighted by molar-refractivity contribution is 5.75. The molecule has 0 bridgehead atoms. The zero-order valence-electron chi connectivity index (χ0n) is 33.0. The highest BCUT2D eigenvalue weighted by Crippen LogP contribution is 2.44. The molecule has 2 heterocycles. The Labute approximate surface area is 318 Å². The van der Waals surface area contributed by atoms with Gasteiger partial charge in [0.15, 0.2) is 18.0 Å². The quantitative estimate of drug-likeness (QED) is 0.137. The molecule has 1 unspecified atom stereocenters. The predicted octanol–water partition coefficient (Wildman–Crippen LogP) is 11.1. The van der Waals surface area contributed by atoms with Crippen molar-refractivity contribution in [3.8, 4) is 33.5 Å². The van der Waals surface area contributed by atoms with Gasteiger partial charge in [0, 0.05) is 42.9 Å². The van der Waals surface area contributed by atoms with E-state index in [4.69, 9.17) is 4.74 Å². The Kier molecular flexibility index (Phi) is 10.2. The standard InChI is InChI=1S/C50H56N2O/c1-35-31-41(40-26-28-49(4,5)29-27-40)22-25-44(35)46-32-47(52(7)34-36(46)2)45-18-14-17-42(37(45)3)33-50(53-8,48-19-12-13-30-51(48)6)43-23-20-39(21-24-43)38-15-10-9-11-16-38/h9-25,30-32,34,40H,26-29,33H2,1-8H3/q+2. The molecule has 4 aromatic carbocycles. The SMILES string of the molecule is COC(Cc1cccc(-c2cc(-c3ccc(C4CCC(C)(C)CC4)cc3C)c(C)c[n+]2C)c1C)(c1ccc(-c2ccccc2)cc1)c1cccc[n+]1C. The first-order valence-corrected chi connectivity index (χ1v) is 19.4. The maximum atomic E-state index is 6.71. The molecule has 0 amide bonds. The predicted molar refractivity (Wildman–Crippen MR) is 219 cm³/mol. The first-order valence-electron chi connectivity index (χ1n) is 19.4. The van der Waals surface area contributed by atoms with Crippen molar-refractivity contribution in [2.24, 2.45) is 19.5 Å².